The number of hydrogen-bond donors (Lipinski definition) is 3. The SMILES string of the molecule is Cc1cc(OCCCc2c(C(=O)NCc3cc(Br)cc(C(=O)O)c3)[nH]c3c(-c4c(C)nn(C)c4C)c(Cl)ccc23)cc(C)c1Cl. The van der Waals surface area contributed by atoms with E-state index in [-0.39, 0.29) is 18.0 Å². The molecule has 3 N–H and O–H groups in total. The Kier molecular flexibility index (Phi) is 9.63. The summed E-state index contributed by atoms with van der Waals surface area (Å²) in [5, 5.41) is 19.2. The minimum Gasteiger partial charge on any atom is -0.494 e. The van der Waals surface area contributed by atoms with Crippen LogP contribution in [0.4, 0.5) is 0 Å². The van der Waals surface area contributed by atoms with Crippen molar-refractivity contribution in [2.24, 2.45) is 7.05 Å². The van der Waals surface area contributed by atoms with Crippen molar-refractivity contribution >= 4 is 61.9 Å². The number of H-pyrrole nitrogens is 1. The number of aryl methyl sites for hydroxylation is 5. The monoisotopic (exact) mass is 710 g/mol. The van der Waals surface area contributed by atoms with Crippen LogP contribution in [0.3, 0.4) is 0 Å². The molecule has 0 unspecified atom stereocenters. The number of hydrogen-bond acceptors (Lipinski definition) is 4. The number of ether oxygens (including phenoxy) is 1. The van der Waals surface area contributed by atoms with Crippen LogP contribution in [0.15, 0.2) is 46.9 Å². The van der Waals surface area contributed by atoms with Crippen molar-refractivity contribution in [2.75, 3.05) is 6.61 Å². The zero-order chi connectivity index (χ0) is 32.6. The molecular weight excluding hydrogens is 679 g/mol. The van der Waals surface area contributed by atoms with E-state index in [1.54, 1.807) is 12.1 Å². The average molecular weight is 712 g/mol. The first kappa shape index (κ1) is 32.6. The summed E-state index contributed by atoms with van der Waals surface area (Å²) in [6.45, 7) is 8.40. The predicted octanol–water partition coefficient (Wildman–Crippen LogP) is 8.51. The van der Waals surface area contributed by atoms with Gasteiger partial charge in [-0.15, -0.1) is 0 Å². The van der Waals surface area contributed by atoms with Crippen LogP contribution < -0.4 is 10.1 Å². The fourth-order valence-electron chi connectivity index (χ4n) is 5.70. The van der Waals surface area contributed by atoms with E-state index in [9.17, 15) is 14.7 Å². The van der Waals surface area contributed by atoms with Crippen molar-refractivity contribution in [2.45, 2.75) is 47.1 Å². The normalized spacial score (nSPS) is 11.3. The number of carbonyl (C=O) groups excluding carboxylic acids is 1. The summed E-state index contributed by atoms with van der Waals surface area (Å²) in [5.41, 5.74) is 8.19. The maximum atomic E-state index is 13.8. The first-order valence-electron chi connectivity index (χ1n) is 14.4. The minimum atomic E-state index is -1.04. The van der Waals surface area contributed by atoms with Gasteiger partial charge in [-0.1, -0.05) is 45.2 Å². The zero-order valence-corrected chi connectivity index (χ0v) is 28.7. The molecule has 3 aromatic carbocycles. The smallest absolute Gasteiger partial charge is 0.335 e. The number of fused-ring (bicyclic) bond motifs is 1. The van der Waals surface area contributed by atoms with Crippen molar-refractivity contribution in [3.63, 3.8) is 0 Å². The molecular formula is C34H33BrCl2N4O4. The van der Waals surface area contributed by atoms with E-state index in [0.29, 0.717) is 40.2 Å². The van der Waals surface area contributed by atoms with Crippen LogP contribution in [0.1, 0.15) is 60.9 Å². The number of nitrogens with zero attached hydrogens (tertiary/aromatic N) is 2. The molecule has 2 heterocycles. The lowest BCUT2D eigenvalue weighted by Gasteiger charge is -2.11. The van der Waals surface area contributed by atoms with Gasteiger partial charge >= 0.3 is 5.97 Å². The zero-order valence-electron chi connectivity index (χ0n) is 25.6. The number of aromatic nitrogens is 3. The summed E-state index contributed by atoms with van der Waals surface area (Å²) in [6, 6.07) is 12.5. The third-order valence-corrected chi connectivity index (χ3v) is 9.29. The molecule has 0 saturated carbocycles. The van der Waals surface area contributed by atoms with Gasteiger partial charge in [-0.05, 0) is 99.2 Å². The van der Waals surface area contributed by atoms with Gasteiger partial charge in [0.05, 0.1) is 28.4 Å². The Bertz CT molecular complexity index is 1940. The van der Waals surface area contributed by atoms with E-state index in [1.807, 2.05) is 63.7 Å². The molecule has 0 fully saturated rings. The molecule has 0 saturated heterocycles. The number of amides is 1. The molecule has 0 aliphatic heterocycles. The summed E-state index contributed by atoms with van der Waals surface area (Å²) in [4.78, 5) is 28.7. The first-order valence-corrected chi connectivity index (χ1v) is 15.9. The Labute approximate surface area is 279 Å². The van der Waals surface area contributed by atoms with E-state index in [0.717, 1.165) is 60.9 Å². The third kappa shape index (κ3) is 6.76. The number of nitrogens with one attached hydrogen (secondary N) is 2. The largest absolute Gasteiger partial charge is 0.494 e. The Morgan fingerprint density at radius 3 is 2.40 bits per heavy atom. The first-order chi connectivity index (χ1) is 21.3. The van der Waals surface area contributed by atoms with Crippen LogP contribution >= 0.6 is 39.1 Å². The van der Waals surface area contributed by atoms with Crippen LogP contribution in [-0.4, -0.2) is 38.4 Å². The number of halogens is 3. The summed E-state index contributed by atoms with van der Waals surface area (Å²) < 4.78 is 8.51. The number of aromatic amines is 1. The Hall–Kier alpha value is -3.79. The summed E-state index contributed by atoms with van der Waals surface area (Å²) in [6.07, 6.45) is 1.20. The van der Waals surface area contributed by atoms with Crippen molar-refractivity contribution in [1.82, 2.24) is 20.1 Å². The maximum absolute atomic E-state index is 13.8. The number of carboxylic acid groups (broad SMARTS) is 1. The lowest BCUT2D eigenvalue weighted by Crippen LogP contribution is -2.24. The summed E-state index contributed by atoms with van der Waals surface area (Å²) in [7, 11) is 1.89. The highest BCUT2D eigenvalue weighted by molar-refractivity contribution is 9.10. The van der Waals surface area contributed by atoms with Gasteiger partial charge in [0.1, 0.15) is 11.4 Å². The van der Waals surface area contributed by atoms with Gasteiger partial charge in [0.25, 0.3) is 5.91 Å². The van der Waals surface area contributed by atoms with Gasteiger partial charge in [-0.3, -0.25) is 9.48 Å². The molecule has 0 spiro atoms. The van der Waals surface area contributed by atoms with Crippen LogP contribution in [-0.2, 0) is 20.0 Å². The van der Waals surface area contributed by atoms with Crippen molar-refractivity contribution in [3.8, 4) is 16.9 Å². The molecule has 0 radical (unpaired) electrons. The number of carbonyl (C=O) groups is 2. The second-order valence-corrected chi connectivity index (χ2v) is 12.9. The van der Waals surface area contributed by atoms with Gasteiger partial charge in [0.2, 0.25) is 0 Å². The second-order valence-electron chi connectivity index (χ2n) is 11.2. The lowest BCUT2D eigenvalue weighted by atomic mass is 9.98. The van der Waals surface area contributed by atoms with Gasteiger partial charge in [-0.2, -0.15) is 5.10 Å². The standard InChI is InChI=1S/C34H33BrCl2N4O4/c1-17-11-24(12-18(2)30(17)37)45-10-6-7-25-26-8-9-27(36)29(28-19(3)40-41(5)20(28)4)31(26)39-32(25)33(42)38-16-21-13-22(34(43)44)15-23(35)14-21/h8-9,11-15,39H,6-7,10,16H2,1-5H3,(H,38,42)(H,43,44). The predicted molar refractivity (Wildman–Crippen MR) is 182 cm³/mol. The van der Waals surface area contributed by atoms with Gasteiger partial charge in [-0.25, -0.2) is 4.79 Å². The van der Waals surface area contributed by atoms with Crippen LogP contribution in [0.25, 0.3) is 22.0 Å². The lowest BCUT2D eigenvalue weighted by molar-refractivity contribution is 0.0696. The molecule has 0 bridgehead atoms. The van der Waals surface area contributed by atoms with Gasteiger partial charge in [0.15, 0.2) is 0 Å². The highest BCUT2D eigenvalue weighted by Crippen LogP contribution is 2.40. The molecule has 8 nitrogen and oxygen atoms in total. The molecule has 11 heteroatoms. The maximum Gasteiger partial charge on any atom is 0.335 e. The van der Waals surface area contributed by atoms with E-state index in [1.165, 1.54) is 6.07 Å². The molecule has 5 rings (SSSR count). The van der Waals surface area contributed by atoms with E-state index >= 15 is 0 Å². The highest BCUT2D eigenvalue weighted by atomic mass is 79.9. The van der Waals surface area contributed by atoms with E-state index in [4.69, 9.17) is 27.9 Å². The number of rotatable bonds is 10. The van der Waals surface area contributed by atoms with E-state index in [2.05, 4.69) is 31.3 Å². The average Bonchev–Trinajstić information content (AvgIpc) is 3.47. The fourth-order valence-corrected chi connectivity index (χ4v) is 6.60. The Morgan fingerprint density at radius 1 is 1.04 bits per heavy atom. The van der Waals surface area contributed by atoms with Crippen LogP contribution in [0, 0.1) is 27.7 Å². The van der Waals surface area contributed by atoms with Gasteiger partial charge in [0, 0.05) is 45.3 Å². The topological polar surface area (TPSA) is 109 Å². The van der Waals surface area contributed by atoms with E-state index < -0.39 is 5.97 Å². The third-order valence-electron chi connectivity index (χ3n) is 7.92. The van der Waals surface area contributed by atoms with Crippen molar-refractivity contribution < 1.29 is 19.4 Å². The number of benzene rings is 3. The molecule has 234 valence electrons. The molecule has 2 aromatic heterocycles. The number of carboxylic acids is 1. The van der Waals surface area contributed by atoms with Crippen molar-refractivity contribution in [1.29, 1.82) is 0 Å². The second kappa shape index (κ2) is 13.3. The van der Waals surface area contributed by atoms with Crippen LogP contribution in [0.5, 0.6) is 5.75 Å². The molecule has 1 amide bonds. The van der Waals surface area contributed by atoms with Gasteiger partial charge < -0.3 is 20.1 Å². The summed E-state index contributed by atoms with van der Waals surface area (Å²) >= 11 is 16.5. The fraction of sp³-hybridized carbons (Fsp3) is 0.265. The number of aromatic carboxylic acids is 1. The highest BCUT2D eigenvalue weighted by Gasteiger charge is 2.24. The molecule has 45 heavy (non-hydrogen) atoms. The molecule has 0 aliphatic carbocycles. The van der Waals surface area contributed by atoms with Crippen molar-refractivity contribution in [3.05, 3.63) is 102 Å². The van der Waals surface area contributed by atoms with Crippen LogP contribution in [0.2, 0.25) is 10.0 Å². The molecule has 5 aromatic rings. The quantitative estimate of drug-likeness (QED) is 0.126. The Balaban J connectivity index is 1.49. The molecule has 0 aliphatic rings. The summed E-state index contributed by atoms with van der Waals surface area (Å²) in [5.74, 6) is -0.611. The minimum absolute atomic E-state index is 0.132. The Morgan fingerprint density at radius 2 is 1.76 bits per heavy atom. The molecule has 0 atom stereocenters.